The fraction of sp³-hybridized carbons (Fsp3) is 0.615. The van der Waals surface area contributed by atoms with Gasteiger partial charge in [0.15, 0.2) is 0 Å². The van der Waals surface area contributed by atoms with E-state index in [1.165, 1.54) is 51.4 Å². The van der Waals surface area contributed by atoms with Crippen LogP contribution in [0.25, 0.3) is 0 Å². The van der Waals surface area contributed by atoms with Crippen molar-refractivity contribution in [1.29, 1.82) is 0 Å². The zero-order valence-electron chi connectivity index (χ0n) is 21.2. The molecule has 4 nitrogen and oxygen atoms in total. The second-order valence-electron chi connectivity index (χ2n) is 7.20. The molecule has 2 radical (unpaired) electrons. The van der Waals surface area contributed by atoms with Crippen molar-refractivity contribution in [3.8, 4) is 0 Å². The van der Waals surface area contributed by atoms with Crippen LogP contribution < -0.4 is 49.6 Å². The van der Waals surface area contributed by atoms with Crippen molar-refractivity contribution in [2.75, 3.05) is 52.9 Å². The van der Waals surface area contributed by atoms with Crippen LogP contribution in [0.1, 0.15) is 51.4 Å². The summed E-state index contributed by atoms with van der Waals surface area (Å²) in [4.78, 5) is 0. The Hall–Kier alpha value is 1.13. The third-order valence-corrected chi connectivity index (χ3v) is 4.42. The fourth-order valence-corrected chi connectivity index (χ4v) is 2.68. The molecule has 6 rings (SSSR count). The molecule has 0 bridgehead atoms. The van der Waals surface area contributed by atoms with Gasteiger partial charge in [0.1, 0.15) is 0 Å². The first-order chi connectivity index (χ1) is 15.0. The molecule has 4 aliphatic rings. The van der Waals surface area contributed by atoms with Crippen LogP contribution in [-0.4, -0.2) is 52.9 Å². The van der Waals surface area contributed by atoms with Crippen LogP contribution >= 0.6 is 0 Å². The summed E-state index contributed by atoms with van der Waals surface area (Å²) in [5.41, 5.74) is 0. The standard InChI is InChI=1S/2C5H5.4C4H8O.4ClH.2Ti/c6*1-2-4-5-3-1;;;;;;/h2*1-5H;4*1-4H2;4*1H;;/q2*-1;;;;;;;;;2*+3/p-4. The van der Waals surface area contributed by atoms with Gasteiger partial charge in [-0.25, -0.2) is 24.3 Å². The average molecular weight is 656 g/mol. The molecule has 2 aromatic carbocycles. The first-order valence-corrected chi connectivity index (χ1v) is 11.6. The SMILES string of the molecule is C1CCOC1.C1CCOC1.C1CCOC1.C1CCOC1.[Cl-].[Cl-].[Cl-].[Cl-].[Ti+3].[Ti+3].c1cc[cH-]c1.c1cc[cH-]c1. The van der Waals surface area contributed by atoms with Gasteiger partial charge in [0, 0.05) is 52.9 Å². The summed E-state index contributed by atoms with van der Waals surface area (Å²) in [6, 6.07) is 20.0. The zero-order valence-corrected chi connectivity index (χ0v) is 27.4. The quantitative estimate of drug-likeness (QED) is 0.210. The smallest absolute Gasteiger partial charge is 1.00 e. The molecule has 36 heavy (non-hydrogen) atoms. The average Bonchev–Trinajstić information content (AvgIpc) is 3.69. The number of halogens is 4. The molecule has 0 amide bonds. The summed E-state index contributed by atoms with van der Waals surface area (Å²) >= 11 is 0. The van der Waals surface area contributed by atoms with E-state index in [9.17, 15) is 0 Å². The van der Waals surface area contributed by atoms with Gasteiger partial charge >= 0.3 is 43.4 Å². The van der Waals surface area contributed by atoms with Gasteiger partial charge in [-0.3, -0.25) is 0 Å². The topological polar surface area (TPSA) is 36.9 Å². The third kappa shape index (κ3) is 42.2. The molecule has 4 aliphatic heterocycles. The molecule has 2 aromatic rings. The van der Waals surface area contributed by atoms with E-state index in [-0.39, 0.29) is 93.1 Å². The summed E-state index contributed by atoms with van der Waals surface area (Å²) < 4.78 is 19.8. The summed E-state index contributed by atoms with van der Waals surface area (Å²) in [6.45, 7) is 8.00. The van der Waals surface area contributed by atoms with E-state index in [2.05, 4.69) is 0 Å². The molecule has 0 unspecified atom stereocenters. The van der Waals surface area contributed by atoms with Crippen molar-refractivity contribution in [3.63, 3.8) is 0 Å². The maximum Gasteiger partial charge on any atom is 3.00 e. The van der Waals surface area contributed by atoms with Gasteiger partial charge in [0.2, 0.25) is 0 Å². The number of hydrogen-bond donors (Lipinski definition) is 0. The molecule has 4 fully saturated rings. The zero-order chi connectivity index (χ0) is 21.2. The van der Waals surface area contributed by atoms with Gasteiger partial charge in [-0.2, -0.15) is 36.4 Å². The summed E-state index contributed by atoms with van der Waals surface area (Å²) in [5.74, 6) is 0. The van der Waals surface area contributed by atoms with Gasteiger partial charge < -0.3 is 68.6 Å². The van der Waals surface area contributed by atoms with E-state index in [0.717, 1.165) is 52.9 Å². The molecule has 0 aliphatic carbocycles. The maximum atomic E-state index is 4.94. The molecular formula is C26H42Cl4O4Ti2. The molecule has 0 N–H and O–H groups in total. The van der Waals surface area contributed by atoms with E-state index in [4.69, 9.17) is 18.9 Å². The fourth-order valence-electron chi connectivity index (χ4n) is 2.68. The largest absolute Gasteiger partial charge is 3.00 e. The maximum absolute atomic E-state index is 4.94. The van der Waals surface area contributed by atoms with Gasteiger partial charge in [-0.15, -0.1) is 0 Å². The van der Waals surface area contributed by atoms with E-state index in [1.807, 2.05) is 60.7 Å². The van der Waals surface area contributed by atoms with Crippen LogP contribution in [0, 0.1) is 0 Å². The van der Waals surface area contributed by atoms with E-state index in [1.54, 1.807) is 0 Å². The summed E-state index contributed by atoms with van der Waals surface area (Å²) in [5, 5.41) is 0. The van der Waals surface area contributed by atoms with Crippen molar-refractivity contribution < 1.29 is 112 Å². The minimum absolute atomic E-state index is 0. The molecule has 0 atom stereocenters. The van der Waals surface area contributed by atoms with Gasteiger partial charge in [0.25, 0.3) is 0 Å². The molecule has 0 aromatic heterocycles. The Morgan fingerprint density at radius 2 is 0.500 bits per heavy atom. The van der Waals surface area contributed by atoms with Crippen molar-refractivity contribution in [3.05, 3.63) is 60.7 Å². The van der Waals surface area contributed by atoms with Crippen molar-refractivity contribution in [2.24, 2.45) is 0 Å². The normalized spacial score (nSPS) is 15.6. The second-order valence-corrected chi connectivity index (χ2v) is 7.20. The number of hydrogen-bond acceptors (Lipinski definition) is 4. The minimum Gasteiger partial charge on any atom is -1.00 e. The summed E-state index contributed by atoms with van der Waals surface area (Å²) in [6.07, 6.45) is 10.2. The number of rotatable bonds is 0. The van der Waals surface area contributed by atoms with Crippen LogP contribution in [0.15, 0.2) is 60.7 Å². The van der Waals surface area contributed by atoms with Crippen LogP contribution in [0.5, 0.6) is 0 Å². The van der Waals surface area contributed by atoms with Crippen LogP contribution in [0.4, 0.5) is 0 Å². The first-order valence-electron chi connectivity index (χ1n) is 11.6. The van der Waals surface area contributed by atoms with E-state index >= 15 is 0 Å². The molecular weight excluding hydrogens is 614 g/mol. The molecule has 0 saturated carbocycles. The predicted octanol–water partition coefficient (Wildman–Crippen LogP) is -5.99. The van der Waals surface area contributed by atoms with Crippen molar-refractivity contribution in [1.82, 2.24) is 0 Å². The number of ether oxygens (including phenoxy) is 4. The van der Waals surface area contributed by atoms with Crippen molar-refractivity contribution in [2.45, 2.75) is 51.4 Å². The molecule has 0 spiro atoms. The molecule has 206 valence electrons. The third-order valence-electron chi connectivity index (χ3n) is 4.42. The molecule has 10 heteroatoms. The predicted molar refractivity (Wildman–Crippen MR) is 124 cm³/mol. The van der Waals surface area contributed by atoms with Gasteiger partial charge in [-0.1, -0.05) is 0 Å². The van der Waals surface area contributed by atoms with Crippen LogP contribution in [-0.2, 0) is 62.4 Å². The minimum atomic E-state index is 0. The van der Waals surface area contributed by atoms with Crippen LogP contribution in [0.3, 0.4) is 0 Å². The Kier molecular flexibility index (Phi) is 63.9. The Bertz CT molecular complexity index is 363. The Morgan fingerprint density at radius 1 is 0.333 bits per heavy atom. The molecule has 4 heterocycles. The monoisotopic (exact) mass is 654 g/mol. The Morgan fingerprint density at radius 3 is 0.556 bits per heavy atom. The Labute approximate surface area is 274 Å². The first kappa shape index (κ1) is 50.0. The summed E-state index contributed by atoms with van der Waals surface area (Å²) in [7, 11) is 0. The van der Waals surface area contributed by atoms with Gasteiger partial charge in [0.05, 0.1) is 0 Å². The Balaban J connectivity index is -0.0000000726. The van der Waals surface area contributed by atoms with Crippen LogP contribution in [0.2, 0.25) is 0 Å². The van der Waals surface area contributed by atoms with E-state index in [0.29, 0.717) is 0 Å². The second kappa shape index (κ2) is 46.0. The van der Waals surface area contributed by atoms with Gasteiger partial charge in [-0.05, 0) is 51.4 Å². The van der Waals surface area contributed by atoms with E-state index < -0.39 is 0 Å². The van der Waals surface area contributed by atoms with Crippen molar-refractivity contribution >= 4 is 0 Å². The molecule has 4 saturated heterocycles.